The maximum atomic E-state index is 11.0. The molecule has 1 unspecified atom stereocenters. The molecule has 1 saturated heterocycles. The molecule has 7 heteroatoms. The van der Waals surface area contributed by atoms with E-state index < -0.39 is 11.1 Å². The molecule has 1 aliphatic heterocycles. The van der Waals surface area contributed by atoms with E-state index in [0.717, 1.165) is 50.1 Å². The molecular formula is C20H31ClN2O3S. The van der Waals surface area contributed by atoms with Crippen LogP contribution in [-0.4, -0.2) is 48.5 Å². The van der Waals surface area contributed by atoms with Crippen molar-refractivity contribution < 1.29 is 13.1 Å². The standard InChI is InChI=1S/C20H31ClN2O3S/c1-27(24)26-14-23-19-7-4-12-22-20(19)13-25-16-10-8-15(9-11-16)17-5-2-3-6-18(17)21/h2-3,5-6,15-16,19-20,22-23H,4,7-14H2,1H3/t15-,16+,19-,20-,27?/m0/s1. The number of halogens is 1. The normalized spacial score (nSPS) is 30.1. The molecule has 1 aromatic carbocycles. The average Bonchev–Trinajstić information content (AvgIpc) is 2.68. The summed E-state index contributed by atoms with van der Waals surface area (Å²) in [6.07, 6.45) is 8.51. The molecule has 1 saturated carbocycles. The van der Waals surface area contributed by atoms with E-state index in [4.69, 9.17) is 20.5 Å². The van der Waals surface area contributed by atoms with Crippen LogP contribution in [0.3, 0.4) is 0 Å². The summed E-state index contributed by atoms with van der Waals surface area (Å²) < 4.78 is 22.4. The van der Waals surface area contributed by atoms with Crippen molar-refractivity contribution in [3.63, 3.8) is 0 Å². The zero-order chi connectivity index (χ0) is 19.1. The molecule has 0 radical (unpaired) electrons. The van der Waals surface area contributed by atoms with Crippen molar-refractivity contribution in [1.29, 1.82) is 0 Å². The SMILES string of the molecule is CS(=O)OCN[C@H]1CCCN[C@H]1CO[C@H]1CC[C@@H](c2ccccc2Cl)CC1. The zero-order valence-electron chi connectivity index (χ0n) is 16.0. The van der Waals surface area contributed by atoms with Gasteiger partial charge in [0, 0.05) is 23.4 Å². The van der Waals surface area contributed by atoms with Crippen LogP contribution < -0.4 is 10.6 Å². The molecule has 3 rings (SSSR count). The summed E-state index contributed by atoms with van der Waals surface area (Å²) in [6.45, 7) is 2.04. The van der Waals surface area contributed by atoms with Crippen LogP contribution >= 0.6 is 11.6 Å². The van der Waals surface area contributed by atoms with Crippen molar-refractivity contribution in [2.75, 3.05) is 26.1 Å². The van der Waals surface area contributed by atoms with Gasteiger partial charge in [-0.25, -0.2) is 4.21 Å². The minimum absolute atomic E-state index is 0.272. The predicted octanol–water partition coefficient (Wildman–Crippen LogP) is 3.36. The van der Waals surface area contributed by atoms with E-state index in [-0.39, 0.29) is 6.04 Å². The minimum atomic E-state index is -1.23. The molecule has 2 N–H and O–H groups in total. The Balaban J connectivity index is 1.42. The number of hydrogen-bond acceptors (Lipinski definition) is 5. The Hall–Kier alpha value is -0.500. The van der Waals surface area contributed by atoms with Gasteiger partial charge in [0.1, 0.15) is 6.73 Å². The van der Waals surface area contributed by atoms with Crippen molar-refractivity contribution in [1.82, 2.24) is 10.6 Å². The molecule has 0 bridgehead atoms. The first-order valence-corrected chi connectivity index (χ1v) is 11.8. The highest BCUT2D eigenvalue weighted by molar-refractivity contribution is 7.79. The Labute approximate surface area is 170 Å². The van der Waals surface area contributed by atoms with E-state index in [0.29, 0.717) is 31.4 Å². The summed E-state index contributed by atoms with van der Waals surface area (Å²) in [5.41, 5.74) is 1.28. The number of benzene rings is 1. The predicted molar refractivity (Wildman–Crippen MR) is 110 cm³/mol. The Morgan fingerprint density at radius 1 is 1.22 bits per heavy atom. The van der Waals surface area contributed by atoms with Crippen LogP contribution in [0, 0.1) is 0 Å². The van der Waals surface area contributed by atoms with Gasteiger partial charge >= 0.3 is 0 Å². The van der Waals surface area contributed by atoms with Gasteiger partial charge in [0.05, 0.1) is 12.7 Å². The van der Waals surface area contributed by atoms with Gasteiger partial charge in [-0.2, -0.15) is 0 Å². The Morgan fingerprint density at radius 3 is 2.74 bits per heavy atom. The lowest BCUT2D eigenvalue weighted by atomic mass is 9.82. The van der Waals surface area contributed by atoms with Gasteiger partial charge in [-0.05, 0) is 62.6 Å². The molecule has 1 aromatic rings. The molecule has 0 spiro atoms. The molecule has 3 atom stereocenters. The monoisotopic (exact) mass is 414 g/mol. The maximum absolute atomic E-state index is 11.0. The lowest BCUT2D eigenvalue weighted by Crippen LogP contribution is -2.54. The van der Waals surface area contributed by atoms with Gasteiger partial charge in [-0.1, -0.05) is 29.8 Å². The first-order valence-electron chi connectivity index (χ1n) is 9.93. The van der Waals surface area contributed by atoms with Crippen LogP contribution in [0.5, 0.6) is 0 Å². The third-order valence-electron chi connectivity index (χ3n) is 5.69. The van der Waals surface area contributed by atoms with Crippen molar-refractivity contribution in [2.24, 2.45) is 0 Å². The first-order chi connectivity index (χ1) is 13.1. The van der Waals surface area contributed by atoms with Crippen LogP contribution in [0.2, 0.25) is 5.02 Å². The lowest BCUT2D eigenvalue weighted by molar-refractivity contribution is 0.00264. The van der Waals surface area contributed by atoms with E-state index in [9.17, 15) is 4.21 Å². The fourth-order valence-electron chi connectivity index (χ4n) is 4.18. The van der Waals surface area contributed by atoms with Crippen LogP contribution in [0.4, 0.5) is 0 Å². The molecule has 5 nitrogen and oxygen atoms in total. The zero-order valence-corrected chi connectivity index (χ0v) is 17.6. The van der Waals surface area contributed by atoms with Gasteiger partial charge in [-0.15, -0.1) is 0 Å². The van der Waals surface area contributed by atoms with E-state index in [1.54, 1.807) is 6.26 Å². The van der Waals surface area contributed by atoms with Gasteiger partial charge in [0.2, 0.25) is 0 Å². The molecule has 0 aromatic heterocycles. The van der Waals surface area contributed by atoms with Crippen molar-refractivity contribution in [3.05, 3.63) is 34.9 Å². The highest BCUT2D eigenvalue weighted by Crippen LogP contribution is 2.37. The fourth-order valence-corrected chi connectivity index (χ4v) is 4.71. The number of piperidine rings is 1. The largest absolute Gasteiger partial charge is 0.377 e. The van der Waals surface area contributed by atoms with E-state index in [2.05, 4.69) is 22.8 Å². The highest BCUT2D eigenvalue weighted by Gasteiger charge is 2.28. The third kappa shape index (κ3) is 6.51. The lowest BCUT2D eigenvalue weighted by Gasteiger charge is -2.35. The molecule has 152 valence electrons. The maximum Gasteiger partial charge on any atom is 0.153 e. The summed E-state index contributed by atoms with van der Waals surface area (Å²) in [6, 6.07) is 8.77. The first kappa shape index (κ1) is 21.2. The summed E-state index contributed by atoms with van der Waals surface area (Å²) in [4.78, 5) is 0. The highest BCUT2D eigenvalue weighted by atomic mass is 35.5. The van der Waals surface area contributed by atoms with Crippen LogP contribution in [0.1, 0.15) is 50.0 Å². The van der Waals surface area contributed by atoms with Gasteiger partial charge in [0.25, 0.3) is 0 Å². The quantitative estimate of drug-likeness (QED) is 0.639. The third-order valence-corrected chi connectivity index (χ3v) is 6.48. The molecule has 2 fully saturated rings. The molecule has 2 aliphatic rings. The topological polar surface area (TPSA) is 59.6 Å². The second kappa shape index (κ2) is 10.9. The van der Waals surface area contributed by atoms with E-state index >= 15 is 0 Å². The molecule has 27 heavy (non-hydrogen) atoms. The smallest absolute Gasteiger partial charge is 0.153 e. The van der Waals surface area contributed by atoms with Crippen molar-refractivity contribution >= 4 is 22.7 Å². The van der Waals surface area contributed by atoms with Gasteiger partial charge in [0.15, 0.2) is 11.1 Å². The molecular weight excluding hydrogens is 384 g/mol. The van der Waals surface area contributed by atoms with Crippen molar-refractivity contribution in [2.45, 2.75) is 62.6 Å². The number of rotatable bonds is 8. The fraction of sp³-hybridized carbons (Fsp3) is 0.700. The number of nitrogens with one attached hydrogen (secondary N) is 2. The summed E-state index contributed by atoms with van der Waals surface area (Å²) in [5, 5.41) is 7.79. The van der Waals surface area contributed by atoms with Crippen molar-refractivity contribution in [3.8, 4) is 0 Å². The Morgan fingerprint density at radius 2 is 2.00 bits per heavy atom. The van der Waals surface area contributed by atoms with E-state index in [1.165, 1.54) is 5.56 Å². The Bertz CT molecular complexity index is 611. The van der Waals surface area contributed by atoms with Crippen LogP contribution in [0.15, 0.2) is 24.3 Å². The summed E-state index contributed by atoms with van der Waals surface area (Å²) in [5.74, 6) is 0.549. The second-order valence-corrected chi connectivity index (χ2v) is 8.95. The molecule has 1 aliphatic carbocycles. The van der Waals surface area contributed by atoms with Gasteiger partial charge in [-0.3, -0.25) is 9.50 Å². The summed E-state index contributed by atoms with van der Waals surface area (Å²) in [7, 11) is 0. The molecule has 0 amide bonds. The number of hydrogen-bond donors (Lipinski definition) is 2. The van der Waals surface area contributed by atoms with E-state index in [1.807, 2.05) is 12.1 Å². The summed E-state index contributed by atoms with van der Waals surface area (Å²) >= 11 is 5.12. The van der Waals surface area contributed by atoms with Gasteiger partial charge < -0.3 is 10.1 Å². The second-order valence-electron chi connectivity index (χ2n) is 7.51. The Kier molecular flexibility index (Phi) is 8.55. The number of ether oxygens (including phenoxy) is 1. The molecule has 1 heterocycles. The van der Waals surface area contributed by atoms with Crippen LogP contribution in [0.25, 0.3) is 0 Å². The van der Waals surface area contributed by atoms with Crippen LogP contribution in [-0.2, 0) is 20.0 Å². The average molecular weight is 415 g/mol. The minimum Gasteiger partial charge on any atom is -0.377 e.